The van der Waals surface area contributed by atoms with Crippen molar-refractivity contribution in [2.45, 2.75) is 26.4 Å². The largest absolute Gasteiger partial charge is 0.491 e. The van der Waals surface area contributed by atoms with E-state index in [1.807, 2.05) is 0 Å². The van der Waals surface area contributed by atoms with Gasteiger partial charge in [-0.1, -0.05) is 0 Å². The summed E-state index contributed by atoms with van der Waals surface area (Å²) in [5, 5.41) is 20.5. The number of nitrogens with zero attached hydrogens (tertiary/aromatic N) is 2. The van der Waals surface area contributed by atoms with Gasteiger partial charge in [-0.05, 0) is 20.8 Å². The van der Waals surface area contributed by atoms with Gasteiger partial charge in [-0.15, -0.1) is 0 Å². The Morgan fingerprint density at radius 2 is 1.48 bits per heavy atom. The lowest BCUT2D eigenvalue weighted by atomic mass is 9.83. The van der Waals surface area contributed by atoms with Crippen LogP contribution < -0.4 is 15.5 Å². The van der Waals surface area contributed by atoms with E-state index < -0.39 is 18.8 Å². The second kappa shape index (κ2) is 14.1. The zero-order chi connectivity index (χ0) is 21.5. The van der Waals surface area contributed by atoms with Gasteiger partial charge in [0.1, 0.15) is 12.2 Å². The van der Waals surface area contributed by atoms with Crippen molar-refractivity contribution in [1.82, 2.24) is 15.3 Å². The van der Waals surface area contributed by atoms with Gasteiger partial charge in [0.2, 0.25) is 0 Å². The van der Waals surface area contributed by atoms with Crippen molar-refractivity contribution in [2.24, 2.45) is 0 Å². The topological polar surface area (TPSA) is 141 Å². The molecule has 1 rings (SSSR count). The van der Waals surface area contributed by atoms with Crippen molar-refractivity contribution in [3.63, 3.8) is 0 Å². The molecule has 1 amide bonds. The van der Waals surface area contributed by atoms with E-state index in [9.17, 15) is 4.79 Å². The molecule has 0 radical (unpaired) electrons. The van der Waals surface area contributed by atoms with E-state index in [2.05, 4.69) is 15.3 Å². The first-order chi connectivity index (χ1) is 13.8. The number of nitrogens with one attached hydrogen (secondary N) is 1. The van der Waals surface area contributed by atoms with E-state index in [1.165, 1.54) is 12.4 Å². The molecule has 0 bridgehead atoms. The Morgan fingerprint density at radius 3 is 2.00 bits per heavy atom. The highest BCUT2D eigenvalue weighted by atomic mass is 16.6. The molecule has 0 spiro atoms. The summed E-state index contributed by atoms with van der Waals surface area (Å²) in [7, 11) is -1.60. The Labute approximate surface area is 170 Å². The lowest BCUT2D eigenvalue weighted by molar-refractivity contribution is 0.00857. The summed E-state index contributed by atoms with van der Waals surface area (Å²) in [6, 6.07) is 0.132. The minimum atomic E-state index is -1.60. The maximum atomic E-state index is 11.4. The third-order valence-corrected chi connectivity index (χ3v) is 3.06. The van der Waals surface area contributed by atoms with Crippen molar-refractivity contribution in [2.75, 3.05) is 52.8 Å². The van der Waals surface area contributed by atoms with Crippen LogP contribution in [0.5, 0.6) is 6.01 Å². The van der Waals surface area contributed by atoms with Gasteiger partial charge in [-0.25, -0.2) is 14.8 Å². The average Bonchev–Trinajstić information content (AvgIpc) is 2.64. The van der Waals surface area contributed by atoms with E-state index >= 15 is 0 Å². The number of carbonyl (C=O) groups is 1. The molecule has 0 saturated heterocycles. The predicted molar refractivity (Wildman–Crippen MR) is 104 cm³/mol. The molecule has 12 heteroatoms. The van der Waals surface area contributed by atoms with Crippen LogP contribution in [0, 0.1) is 0 Å². The van der Waals surface area contributed by atoms with Crippen LogP contribution in [-0.4, -0.2) is 91.6 Å². The maximum Gasteiger partial charge on any atom is 0.491 e. The van der Waals surface area contributed by atoms with E-state index in [0.29, 0.717) is 46.2 Å². The second-order valence-electron chi connectivity index (χ2n) is 6.79. The molecule has 0 saturated carbocycles. The maximum absolute atomic E-state index is 11.4. The van der Waals surface area contributed by atoms with Crippen molar-refractivity contribution >= 4 is 18.7 Å². The summed E-state index contributed by atoms with van der Waals surface area (Å²) >= 11 is 0. The number of amides is 1. The van der Waals surface area contributed by atoms with Crippen LogP contribution in [0.1, 0.15) is 20.8 Å². The molecule has 1 heterocycles. The molecule has 1 aromatic heterocycles. The standard InChI is InChI=1S/C17H30BN3O8/c1-17(2,3)29-16(22)19-4-5-25-6-7-26-8-9-27-10-11-28-15-20-12-14(13-21-15)18(23)24/h12-13,23-24H,4-11H2,1-3H3,(H,19,22). The zero-order valence-electron chi connectivity index (χ0n) is 17.1. The molecular weight excluding hydrogens is 385 g/mol. The Morgan fingerprint density at radius 1 is 0.966 bits per heavy atom. The van der Waals surface area contributed by atoms with Crippen molar-refractivity contribution in [1.29, 1.82) is 0 Å². The number of hydrogen-bond donors (Lipinski definition) is 3. The number of rotatable bonds is 14. The van der Waals surface area contributed by atoms with Gasteiger partial charge in [0.15, 0.2) is 0 Å². The summed E-state index contributed by atoms with van der Waals surface area (Å²) in [6.45, 7) is 8.39. The Hall–Kier alpha value is -1.99. The second-order valence-corrected chi connectivity index (χ2v) is 6.79. The lowest BCUT2D eigenvalue weighted by Crippen LogP contribution is -2.34. The highest BCUT2D eigenvalue weighted by molar-refractivity contribution is 6.58. The third kappa shape index (κ3) is 13.8. The first kappa shape index (κ1) is 25.1. The van der Waals surface area contributed by atoms with Crippen molar-refractivity contribution < 1.29 is 38.5 Å². The van der Waals surface area contributed by atoms with Crippen LogP contribution >= 0.6 is 0 Å². The number of aromatic nitrogens is 2. The molecule has 29 heavy (non-hydrogen) atoms. The monoisotopic (exact) mass is 415 g/mol. The van der Waals surface area contributed by atoms with Gasteiger partial charge in [0.25, 0.3) is 0 Å². The van der Waals surface area contributed by atoms with Crippen molar-refractivity contribution in [3.05, 3.63) is 12.4 Å². The molecule has 11 nitrogen and oxygen atoms in total. The predicted octanol–water partition coefficient (Wildman–Crippen LogP) is -0.890. The highest BCUT2D eigenvalue weighted by Crippen LogP contribution is 2.06. The van der Waals surface area contributed by atoms with Gasteiger partial charge in [-0.2, -0.15) is 0 Å². The molecule has 164 valence electrons. The van der Waals surface area contributed by atoms with E-state index in [4.69, 9.17) is 33.7 Å². The van der Waals surface area contributed by atoms with E-state index in [0.717, 1.165) is 0 Å². The van der Waals surface area contributed by atoms with Gasteiger partial charge in [0.05, 0.1) is 39.6 Å². The summed E-state index contributed by atoms with van der Waals surface area (Å²) in [4.78, 5) is 19.1. The molecule has 1 aromatic rings. The van der Waals surface area contributed by atoms with Crippen LogP contribution in [0.3, 0.4) is 0 Å². The Kier molecular flexibility index (Phi) is 12.2. The third-order valence-electron chi connectivity index (χ3n) is 3.06. The molecule has 0 aliphatic carbocycles. The number of alkyl carbamates (subject to hydrolysis) is 1. The molecule has 0 atom stereocenters. The molecule has 0 fully saturated rings. The average molecular weight is 415 g/mol. The highest BCUT2D eigenvalue weighted by Gasteiger charge is 2.15. The minimum Gasteiger partial charge on any atom is -0.461 e. The molecule has 3 N–H and O–H groups in total. The number of carbonyl (C=O) groups excluding carboxylic acids is 1. The van der Waals surface area contributed by atoms with Crippen LogP contribution in [0.15, 0.2) is 12.4 Å². The van der Waals surface area contributed by atoms with E-state index in [1.54, 1.807) is 20.8 Å². The quantitative estimate of drug-likeness (QED) is 0.259. The van der Waals surface area contributed by atoms with Gasteiger partial charge in [0, 0.05) is 24.4 Å². The fourth-order valence-electron chi connectivity index (χ4n) is 1.81. The van der Waals surface area contributed by atoms with Crippen LogP contribution in [0.25, 0.3) is 0 Å². The van der Waals surface area contributed by atoms with Crippen molar-refractivity contribution in [3.8, 4) is 6.01 Å². The first-order valence-electron chi connectivity index (χ1n) is 9.29. The number of hydrogen-bond acceptors (Lipinski definition) is 10. The summed E-state index contributed by atoms with van der Waals surface area (Å²) in [6.07, 6.45) is 2.08. The smallest absolute Gasteiger partial charge is 0.461 e. The van der Waals surface area contributed by atoms with Crippen LogP contribution in [-0.2, 0) is 18.9 Å². The molecule has 0 aliphatic heterocycles. The van der Waals surface area contributed by atoms with Gasteiger partial charge >= 0.3 is 19.2 Å². The SMILES string of the molecule is CC(C)(C)OC(=O)NCCOCCOCCOCCOc1ncc(B(O)O)cn1. The van der Waals surface area contributed by atoms with Gasteiger partial charge in [-0.3, -0.25) is 0 Å². The number of ether oxygens (including phenoxy) is 5. The summed E-state index contributed by atoms with van der Waals surface area (Å²) < 4.78 is 26.4. The Bertz CT molecular complexity index is 569. The molecule has 0 unspecified atom stereocenters. The van der Waals surface area contributed by atoms with E-state index in [-0.39, 0.29) is 18.1 Å². The minimum absolute atomic E-state index is 0.132. The summed E-state index contributed by atoms with van der Waals surface area (Å²) in [5.41, 5.74) is -0.328. The Balaban J connectivity index is 1.86. The summed E-state index contributed by atoms with van der Waals surface area (Å²) in [5.74, 6) is 0. The van der Waals surface area contributed by atoms with Crippen LogP contribution in [0.2, 0.25) is 0 Å². The molecule has 0 aliphatic rings. The fraction of sp³-hybridized carbons (Fsp3) is 0.706. The molecular formula is C17H30BN3O8. The fourth-order valence-corrected chi connectivity index (χ4v) is 1.81. The first-order valence-corrected chi connectivity index (χ1v) is 9.29. The zero-order valence-corrected chi connectivity index (χ0v) is 17.1. The lowest BCUT2D eigenvalue weighted by Gasteiger charge is -2.19. The normalized spacial score (nSPS) is 11.2. The van der Waals surface area contributed by atoms with Crippen LogP contribution in [0.4, 0.5) is 4.79 Å². The van der Waals surface area contributed by atoms with Gasteiger partial charge < -0.3 is 39.0 Å². The molecule has 0 aromatic carbocycles.